The molecule has 3 N–H and O–H groups in total. The Balaban J connectivity index is 1.59. The van der Waals surface area contributed by atoms with E-state index in [2.05, 4.69) is 37.8 Å². The predicted molar refractivity (Wildman–Crippen MR) is 97.4 cm³/mol. The van der Waals surface area contributed by atoms with Gasteiger partial charge in [0, 0.05) is 39.3 Å². The molecule has 0 aromatic carbocycles. The molecule has 0 amide bonds. The van der Waals surface area contributed by atoms with Gasteiger partial charge in [-0.2, -0.15) is 9.97 Å². The molecule has 1 aromatic rings. The number of likely N-dealkylation sites (tertiary alicyclic amines) is 1. The largest absolute Gasteiger partial charge is 0.395 e. The Kier molecular flexibility index (Phi) is 5.73. The number of hydrogen-bond acceptors (Lipinski definition) is 7. The van der Waals surface area contributed by atoms with Crippen LogP contribution in [0.4, 0.5) is 17.6 Å². The van der Waals surface area contributed by atoms with Gasteiger partial charge in [-0.25, -0.2) is 0 Å². The molecule has 0 saturated carbocycles. The van der Waals surface area contributed by atoms with Crippen molar-refractivity contribution in [2.75, 3.05) is 68.5 Å². The number of rotatable bonds is 6. The molecule has 0 aliphatic carbocycles. The van der Waals surface area contributed by atoms with Gasteiger partial charge in [0.05, 0.1) is 6.61 Å². The summed E-state index contributed by atoms with van der Waals surface area (Å²) < 4.78 is 0. The van der Waals surface area contributed by atoms with Gasteiger partial charge in [0.1, 0.15) is 11.6 Å². The third-order valence-electron chi connectivity index (χ3n) is 5.19. The van der Waals surface area contributed by atoms with Gasteiger partial charge in [0.15, 0.2) is 0 Å². The summed E-state index contributed by atoms with van der Waals surface area (Å²) in [6, 6.07) is 2.07. The van der Waals surface area contributed by atoms with Crippen molar-refractivity contribution in [2.24, 2.45) is 5.92 Å². The van der Waals surface area contributed by atoms with Crippen molar-refractivity contribution in [1.29, 1.82) is 0 Å². The molecule has 1 aromatic heterocycles. The van der Waals surface area contributed by atoms with E-state index in [0.29, 0.717) is 11.9 Å². The summed E-state index contributed by atoms with van der Waals surface area (Å²) in [5, 5.41) is 9.04. The van der Waals surface area contributed by atoms with Gasteiger partial charge in [0.25, 0.3) is 0 Å². The normalized spacial score (nSPS) is 19.8. The summed E-state index contributed by atoms with van der Waals surface area (Å²) in [6.07, 6.45) is 4.79. The molecule has 3 heterocycles. The molecule has 3 rings (SSSR count). The quantitative estimate of drug-likeness (QED) is 0.796. The lowest BCUT2D eigenvalue weighted by atomic mass is 9.96. The van der Waals surface area contributed by atoms with Crippen LogP contribution in [0.5, 0.6) is 0 Å². The molecule has 0 bridgehead atoms. The van der Waals surface area contributed by atoms with Crippen molar-refractivity contribution < 1.29 is 5.11 Å². The zero-order valence-corrected chi connectivity index (χ0v) is 14.7. The van der Waals surface area contributed by atoms with E-state index in [-0.39, 0.29) is 6.61 Å². The molecule has 134 valence electrons. The van der Waals surface area contributed by atoms with E-state index < -0.39 is 0 Å². The van der Waals surface area contributed by atoms with Crippen LogP contribution in [0.2, 0.25) is 0 Å². The van der Waals surface area contributed by atoms with Gasteiger partial charge in [-0.3, -0.25) is 0 Å². The monoisotopic (exact) mass is 334 g/mol. The lowest BCUT2D eigenvalue weighted by Gasteiger charge is -2.34. The van der Waals surface area contributed by atoms with Gasteiger partial charge < -0.3 is 25.5 Å². The number of piperidine rings is 1. The van der Waals surface area contributed by atoms with Gasteiger partial charge >= 0.3 is 0 Å². The second-order valence-corrected chi connectivity index (χ2v) is 7.03. The standard InChI is InChI=1S/C17H30N6O/c1-21(13-14-4-8-22(9-5-14)10-11-24)15-12-16(20-17(18)19-15)23-6-2-3-7-23/h12,14,24H,2-11,13H2,1H3,(H2,18,19,20). The van der Waals surface area contributed by atoms with Gasteiger partial charge in [-0.05, 0) is 44.7 Å². The van der Waals surface area contributed by atoms with Crippen LogP contribution in [0.1, 0.15) is 25.7 Å². The van der Waals surface area contributed by atoms with E-state index in [1.165, 1.54) is 25.7 Å². The summed E-state index contributed by atoms with van der Waals surface area (Å²) in [6.45, 7) is 6.30. The number of nitrogens with zero attached hydrogens (tertiary/aromatic N) is 5. The molecule has 2 saturated heterocycles. The minimum absolute atomic E-state index is 0.254. The van der Waals surface area contributed by atoms with E-state index >= 15 is 0 Å². The topological polar surface area (TPSA) is 81.8 Å². The molecule has 2 aliphatic heterocycles. The molecular formula is C17H30N6O. The maximum Gasteiger partial charge on any atom is 0.223 e. The van der Waals surface area contributed by atoms with E-state index in [0.717, 1.165) is 50.9 Å². The Morgan fingerprint density at radius 3 is 2.58 bits per heavy atom. The Morgan fingerprint density at radius 2 is 1.92 bits per heavy atom. The Morgan fingerprint density at radius 1 is 1.21 bits per heavy atom. The van der Waals surface area contributed by atoms with Crippen LogP contribution in [0.3, 0.4) is 0 Å². The van der Waals surface area contributed by atoms with E-state index in [1.54, 1.807) is 0 Å². The minimum Gasteiger partial charge on any atom is -0.395 e. The first-order chi connectivity index (χ1) is 11.7. The van der Waals surface area contributed by atoms with Crippen molar-refractivity contribution in [3.8, 4) is 0 Å². The van der Waals surface area contributed by atoms with Crippen molar-refractivity contribution in [2.45, 2.75) is 25.7 Å². The molecule has 0 spiro atoms. The first kappa shape index (κ1) is 17.2. The van der Waals surface area contributed by atoms with E-state index in [9.17, 15) is 0 Å². The maximum atomic E-state index is 9.04. The fourth-order valence-corrected chi connectivity index (χ4v) is 3.76. The minimum atomic E-state index is 0.254. The lowest BCUT2D eigenvalue weighted by Crippen LogP contribution is -2.39. The first-order valence-corrected chi connectivity index (χ1v) is 9.09. The van der Waals surface area contributed by atoms with Crippen molar-refractivity contribution in [3.63, 3.8) is 0 Å². The number of nitrogen functional groups attached to an aromatic ring is 1. The van der Waals surface area contributed by atoms with E-state index in [1.807, 2.05) is 0 Å². The van der Waals surface area contributed by atoms with Crippen LogP contribution in [0.15, 0.2) is 6.07 Å². The predicted octanol–water partition coefficient (Wildman–Crippen LogP) is 0.800. The van der Waals surface area contributed by atoms with Crippen LogP contribution >= 0.6 is 0 Å². The highest BCUT2D eigenvalue weighted by molar-refractivity contribution is 5.54. The van der Waals surface area contributed by atoms with Crippen LogP contribution in [0, 0.1) is 5.92 Å². The second kappa shape index (κ2) is 7.98. The number of hydrogen-bond donors (Lipinski definition) is 2. The molecule has 7 heteroatoms. The van der Waals surface area contributed by atoms with Crippen LogP contribution in [-0.2, 0) is 0 Å². The zero-order valence-electron chi connectivity index (χ0n) is 14.7. The van der Waals surface area contributed by atoms with Crippen molar-refractivity contribution in [1.82, 2.24) is 14.9 Å². The highest BCUT2D eigenvalue weighted by Crippen LogP contribution is 2.25. The van der Waals surface area contributed by atoms with Crippen LogP contribution < -0.4 is 15.5 Å². The highest BCUT2D eigenvalue weighted by Gasteiger charge is 2.22. The van der Waals surface area contributed by atoms with Gasteiger partial charge in [-0.15, -0.1) is 0 Å². The third-order valence-corrected chi connectivity index (χ3v) is 5.19. The molecule has 0 radical (unpaired) electrons. The summed E-state index contributed by atoms with van der Waals surface area (Å²) in [4.78, 5) is 15.7. The van der Waals surface area contributed by atoms with E-state index in [4.69, 9.17) is 10.8 Å². The molecule has 0 atom stereocenters. The number of aliphatic hydroxyl groups is 1. The van der Waals surface area contributed by atoms with Crippen LogP contribution in [-0.4, -0.2) is 72.9 Å². The summed E-state index contributed by atoms with van der Waals surface area (Å²) in [7, 11) is 2.09. The van der Waals surface area contributed by atoms with Crippen molar-refractivity contribution >= 4 is 17.6 Å². The van der Waals surface area contributed by atoms with Gasteiger partial charge in [-0.1, -0.05) is 0 Å². The second-order valence-electron chi connectivity index (χ2n) is 7.03. The summed E-state index contributed by atoms with van der Waals surface area (Å²) >= 11 is 0. The first-order valence-electron chi connectivity index (χ1n) is 9.09. The fourth-order valence-electron chi connectivity index (χ4n) is 3.76. The van der Waals surface area contributed by atoms with Crippen LogP contribution in [0.25, 0.3) is 0 Å². The zero-order chi connectivity index (χ0) is 16.9. The highest BCUT2D eigenvalue weighted by atomic mass is 16.3. The number of aliphatic hydroxyl groups excluding tert-OH is 1. The average molecular weight is 334 g/mol. The lowest BCUT2D eigenvalue weighted by molar-refractivity contribution is 0.149. The number of nitrogens with two attached hydrogens (primary N) is 1. The molecule has 7 nitrogen and oxygen atoms in total. The number of anilines is 3. The van der Waals surface area contributed by atoms with Gasteiger partial charge in [0.2, 0.25) is 5.95 Å². The molecule has 24 heavy (non-hydrogen) atoms. The average Bonchev–Trinajstić information content (AvgIpc) is 3.11. The smallest absolute Gasteiger partial charge is 0.223 e. The Bertz CT molecular complexity index is 526. The third kappa shape index (κ3) is 4.27. The number of β-amino-alcohol motifs (C(OH)–C–C–N with tert-alkyl or cyclic N) is 1. The Hall–Kier alpha value is -1.60. The summed E-state index contributed by atoms with van der Waals surface area (Å²) in [5.41, 5.74) is 5.94. The number of aromatic nitrogens is 2. The molecule has 0 unspecified atom stereocenters. The Labute approximate surface area is 144 Å². The fraction of sp³-hybridized carbons (Fsp3) is 0.765. The SMILES string of the molecule is CN(CC1CCN(CCO)CC1)c1cc(N2CCCC2)nc(N)n1. The molecule has 2 fully saturated rings. The molecule has 2 aliphatic rings. The molecular weight excluding hydrogens is 304 g/mol. The maximum absolute atomic E-state index is 9.04. The van der Waals surface area contributed by atoms with Crippen molar-refractivity contribution in [3.05, 3.63) is 6.07 Å². The summed E-state index contributed by atoms with van der Waals surface area (Å²) in [5.74, 6) is 2.90.